The predicted molar refractivity (Wildman–Crippen MR) is 104 cm³/mol. The van der Waals surface area contributed by atoms with Gasteiger partial charge in [-0.25, -0.2) is 0 Å². The molecule has 0 bridgehead atoms. The van der Waals surface area contributed by atoms with Crippen LogP contribution in [-0.2, 0) is 16.8 Å². The lowest BCUT2D eigenvalue weighted by Crippen LogP contribution is -2.40. The number of aromatic nitrogens is 1. The zero-order chi connectivity index (χ0) is 18.7. The second kappa shape index (κ2) is 7.56. The van der Waals surface area contributed by atoms with E-state index in [1.807, 2.05) is 17.0 Å². The minimum atomic E-state index is 0.149. The monoisotopic (exact) mass is 354 g/mol. The summed E-state index contributed by atoms with van der Waals surface area (Å²) < 4.78 is 8.04. The first kappa shape index (κ1) is 18.6. The highest BCUT2D eigenvalue weighted by molar-refractivity contribution is 5.76. The summed E-state index contributed by atoms with van der Waals surface area (Å²) in [6.45, 7) is 11.0. The van der Waals surface area contributed by atoms with E-state index in [1.165, 1.54) is 11.3 Å². The zero-order valence-corrected chi connectivity index (χ0v) is 16.4. The number of benzene rings is 1. The van der Waals surface area contributed by atoms with E-state index in [0.717, 1.165) is 25.3 Å². The van der Waals surface area contributed by atoms with Crippen molar-refractivity contribution in [2.24, 2.45) is 0 Å². The Kier molecular flexibility index (Phi) is 5.40. The number of hydrogen-bond acceptors (Lipinski definition) is 2. The minimum absolute atomic E-state index is 0.149. The van der Waals surface area contributed by atoms with Crippen LogP contribution in [0.1, 0.15) is 57.8 Å². The van der Waals surface area contributed by atoms with Gasteiger partial charge in [0.2, 0.25) is 5.91 Å². The predicted octanol–water partition coefficient (Wildman–Crippen LogP) is 4.55. The minimum Gasteiger partial charge on any atom is -0.494 e. The Labute approximate surface area is 156 Å². The Balaban J connectivity index is 1.44. The molecule has 1 aliphatic heterocycles. The van der Waals surface area contributed by atoms with Crippen LogP contribution in [0.3, 0.4) is 0 Å². The average molecular weight is 354 g/mol. The Morgan fingerprint density at radius 1 is 1.15 bits per heavy atom. The highest BCUT2D eigenvalue weighted by Gasteiger charge is 2.26. The van der Waals surface area contributed by atoms with Crippen LogP contribution < -0.4 is 4.74 Å². The van der Waals surface area contributed by atoms with Gasteiger partial charge in [0.25, 0.3) is 0 Å². The molecule has 0 aliphatic carbocycles. The van der Waals surface area contributed by atoms with Crippen molar-refractivity contribution < 1.29 is 9.53 Å². The lowest BCUT2D eigenvalue weighted by atomic mass is 9.87. The van der Waals surface area contributed by atoms with Crippen molar-refractivity contribution in [3.63, 3.8) is 0 Å². The Morgan fingerprint density at radius 3 is 2.58 bits per heavy atom. The largest absolute Gasteiger partial charge is 0.494 e. The maximum absolute atomic E-state index is 12.6. The van der Waals surface area contributed by atoms with Crippen molar-refractivity contribution in [1.82, 2.24) is 9.47 Å². The van der Waals surface area contributed by atoms with E-state index in [-0.39, 0.29) is 17.4 Å². The number of hydrogen-bond donors (Lipinski definition) is 0. The quantitative estimate of drug-likeness (QED) is 0.738. The van der Waals surface area contributed by atoms with Crippen LogP contribution in [0, 0.1) is 0 Å². The molecule has 0 radical (unpaired) electrons. The molecule has 1 aromatic carbocycles. The van der Waals surface area contributed by atoms with Crippen molar-refractivity contribution in [3.8, 4) is 5.75 Å². The molecule has 4 heteroatoms. The Bertz CT molecular complexity index is 740. The third kappa shape index (κ3) is 4.12. The van der Waals surface area contributed by atoms with Gasteiger partial charge in [-0.1, -0.05) is 32.9 Å². The van der Waals surface area contributed by atoms with Crippen LogP contribution in [0.15, 0.2) is 42.6 Å². The first-order valence-electron chi connectivity index (χ1n) is 9.54. The van der Waals surface area contributed by atoms with Crippen LogP contribution >= 0.6 is 0 Å². The van der Waals surface area contributed by atoms with Gasteiger partial charge in [0.1, 0.15) is 5.75 Å². The maximum Gasteiger partial charge on any atom is 0.223 e. The first-order chi connectivity index (χ1) is 12.4. The van der Waals surface area contributed by atoms with Gasteiger partial charge in [0.05, 0.1) is 12.6 Å². The lowest BCUT2D eigenvalue weighted by Gasteiger charge is -2.35. The molecule has 3 rings (SSSR count). The van der Waals surface area contributed by atoms with Crippen LogP contribution in [0.2, 0.25) is 0 Å². The van der Waals surface area contributed by atoms with E-state index in [0.29, 0.717) is 13.0 Å². The summed E-state index contributed by atoms with van der Waals surface area (Å²) in [5, 5.41) is 0. The van der Waals surface area contributed by atoms with Gasteiger partial charge in [0.15, 0.2) is 0 Å². The molecule has 0 N–H and O–H groups in total. The van der Waals surface area contributed by atoms with Gasteiger partial charge in [-0.15, -0.1) is 0 Å². The molecule has 1 aliphatic rings. The fourth-order valence-electron chi connectivity index (χ4n) is 3.53. The second-order valence-electron chi connectivity index (χ2n) is 8.12. The summed E-state index contributed by atoms with van der Waals surface area (Å²) in [5.74, 6) is 1.09. The van der Waals surface area contributed by atoms with Gasteiger partial charge < -0.3 is 14.2 Å². The highest BCUT2D eigenvalue weighted by atomic mass is 16.5. The van der Waals surface area contributed by atoms with Gasteiger partial charge in [0, 0.05) is 31.4 Å². The molecule has 0 saturated carbocycles. The SMILES string of the molecule is CC1c2cccn2CCN1C(=O)CCCOc1ccc(C(C)(C)C)cc1. The molecule has 1 atom stereocenters. The number of nitrogens with zero attached hydrogens (tertiary/aromatic N) is 2. The van der Waals surface area contributed by atoms with Crippen molar-refractivity contribution >= 4 is 5.91 Å². The van der Waals surface area contributed by atoms with E-state index in [2.05, 4.69) is 62.7 Å². The smallest absolute Gasteiger partial charge is 0.223 e. The summed E-state index contributed by atoms with van der Waals surface area (Å²) in [6.07, 6.45) is 3.36. The molecular formula is C22H30N2O2. The third-order valence-corrected chi connectivity index (χ3v) is 5.19. The number of ether oxygens (including phenoxy) is 1. The topological polar surface area (TPSA) is 34.5 Å². The Hall–Kier alpha value is -2.23. The molecule has 1 unspecified atom stereocenters. The van der Waals surface area contributed by atoms with Crippen LogP contribution in [-0.4, -0.2) is 28.5 Å². The zero-order valence-electron chi connectivity index (χ0n) is 16.4. The molecule has 2 heterocycles. The van der Waals surface area contributed by atoms with Gasteiger partial charge >= 0.3 is 0 Å². The van der Waals surface area contributed by atoms with Crippen molar-refractivity contribution in [2.75, 3.05) is 13.2 Å². The maximum atomic E-state index is 12.6. The van der Waals surface area contributed by atoms with Crippen LogP contribution in [0.4, 0.5) is 0 Å². The molecule has 0 saturated heterocycles. The fraction of sp³-hybridized carbons (Fsp3) is 0.500. The average Bonchev–Trinajstić information content (AvgIpc) is 3.08. The van der Waals surface area contributed by atoms with E-state index in [9.17, 15) is 4.79 Å². The number of amides is 1. The third-order valence-electron chi connectivity index (χ3n) is 5.19. The van der Waals surface area contributed by atoms with Crippen molar-refractivity contribution in [2.45, 2.75) is 58.5 Å². The Morgan fingerprint density at radius 2 is 1.88 bits per heavy atom. The summed E-state index contributed by atoms with van der Waals surface area (Å²) >= 11 is 0. The second-order valence-corrected chi connectivity index (χ2v) is 8.12. The fourth-order valence-corrected chi connectivity index (χ4v) is 3.53. The molecule has 0 fully saturated rings. The lowest BCUT2D eigenvalue weighted by molar-refractivity contribution is -0.134. The van der Waals surface area contributed by atoms with Crippen molar-refractivity contribution in [1.29, 1.82) is 0 Å². The highest BCUT2D eigenvalue weighted by Crippen LogP contribution is 2.26. The molecule has 2 aromatic rings. The van der Waals surface area contributed by atoms with Gasteiger partial charge in [-0.3, -0.25) is 4.79 Å². The number of fused-ring (bicyclic) bond motifs is 1. The van der Waals surface area contributed by atoms with E-state index >= 15 is 0 Å². The van der Waals surface area contributed by atoms with E-state index in [1.54, 1.807) is 0 Å². The number of carbonyl (C=O) groups is 1. The van der Waals surface area contributed by atoms with Crippen molar-refractivity contribution in [3.05, 3.63) is 53.9 Å². The van der Waals surface area contributed by atoms with Gasteiger partial charge in [-0.2, -0.15) is 0 Å². The molecule has 140 valence electrons. The standard InChI is InChI=1S/C22H30N2O2/c1-17-20-7-5-13-23(20)14-15-24(17)21(25)8-6-16-26-19-11-9-18(10-12-19)22(2,3)4/h5,7,9-13,17H,6,8,14-16H2,1-4H3. The van der Waals surface area contributed by atoms with Gasteiger partial charge in [-0.05, 0) is 48.6 Å². The molecular weight excluding hydrogens is 324 g/mol. The molecule has 26 heavy (non-hydrogen) atoms. The first-order valence-corrected chi connectivity index (χ1v) is 9.54. The summed E-state index contributed by atoms with van der Waals surface area (Å²) in [5.41, 5.74) is 2.67. The normalized spacial score (nSPS) is 17.1. The number of carbonyl (C=O) groups excluding carboxylic acids is 1. The van der Waals surface area contributed by atoms with E-state index in [4.69, 9.17) is 4.74 Å². The molecule has 4 nitrogen and oxygen atoms in total. The molecule has 1 aromatic heterocycles. The number of rotatable bonds is 5. The summed E-state index contributed by atoms with van der Waals surface area (Å²) in [4.78, 5) is 14.6. The van der Waals surface area contributed by atoms with E-state index < -0.39 is 0 Å². The summed E-state index contributed by atoms with van der Waals surface area (Å²) in [6, 6.07) is 12.6. The summed E-state index contributed by atoms with van der Waals surface area (Å²) in [7, 11) is 0. The molecule has 0 spiro atoms. The van der Waals surface area contributed by atoms with Crippen LogP contribution in [0.5, 0.6) is 5.75 Å². The molecule has 1 amide bonds. The van der Waals surface area contributed by atoms with Crippen LogP contribution in [0.25, 0.3) is 0 Å².